The first-order chi connectivity index (χ1) is 17.0. The molecule has 1 aliphatic heterocycles. The van der Waals surface area contributed by atoms with Gasteiger partial charge in [0.15, 0.2) is 17.4 Å². The Morgan fingerprint density at radius 3 is 1.79 bits per heavy atom. The van der Waals surface area contributed by atoms with Gasteiger partial charge in [-0.05, 0) is 0 Å². The molecule has 22 nitrogen and oxygen atoms in total. The SMILES string of the molecule is C=CCn1c(N)nc2c(ncn2[C@@H]2O[C@H](CO)[C@@H](O)[C@H]2O)c1=O.O=P(O)(O)O.O=P(O)(O)O.O=P(O)(O)O. The molecule has 0 aromatic carbocycles. The molecule has 220 valence electrons. The zero-order valence-electron chi connectivity index (χ0n) is 18.7. The lowest BCUT2D eigenvalue weighted by atomic mass is 10.1. The Morgan fingerprint density at radius 1 is 0.974 bits per heavy atom. The van der Waals surface area contributed by atoms with Crippen LogP contribution in [0.4, 0.5) is 5.95 Å². The van der Waals surface area contributed by atoms with Gasteiger partial charge in [-0.2, -0.15) is 4.98 Å². The van der Waals surface area contributed by atoms with E-state index in [0.717, 1.165) is 0 Å². The summed E-state index contributed by atoms with van der Waals surface area (Å²) in [6, 6.07) is 0. The topological polar surface area (TPSA) is 382 Å². The lowest BCUT2D eigenvalue weighted by Gasteiger charge is -2.16. The number of nitrogens with zero attached hydrogens (tertiary/aromatic N) is 4. The highest BCUT2D eigenvalue weighted by molar-refractivity contribution is 7.45. The molecule has 0 aliphatic carbocycles. The summed E-state index contributed by atoms with van der Waals surface area (Å²) < 4.78 is 34.6. The van der Waals surface area contributed by atoms with E-state index in [1.165, 1.54) is 21.5 Å². The standard InChI is InChI=1S/C13H17N5O5.3H3O4P/c1-2-3-17-11(22)7-10(16-13(17)14)18(5-15-7)12-9(21)8(20)6(4-19)23-12;3*1-5(2,3)4/h2,5-6,8-9,12,19-21H,1,3-4H2,(H2,14,16);3*(H3,1,2,3,4)/t6-,8-,9-,12-;;;/m1.../s1. The van der Waals surface area contributed by atoms with Crippen LogP contribution in [0, 0.1) is 0 Å². The number of allylic oxidation sites excluding steroid dienone is 1. The van der Waals surface area contributed by atoms with Crippen LogP contribution in [-0.2, 0) is 25.0 Å². The van der Waals surface area contributed by atoms with Gasteiger partial charge in [0.1, 0.15) is 18.3 Å². The number of anilines is 1. The van der Waals surface area contributed by atoms with Crippen molar-refractivity contribution < 1.29 is 77.8 Å². The summed E-state index contributed by atoms with van der Waals surface area (Å²) in [7, 11) is -13.9. The molecule has 1 saturated heterocycles. The van der Waals surface area contributed by atoms with Crippen molar-refractivity contribution >= 4 is 40.6 Å². The summed E-state index contributed by atoms with van der Waals surface area (Å²) in [6.07, 6.45) is -1.76. The van der Waals surface area contributed by atoms with E-state index >= 15 is 0 Å². The third-order valence-corrected chi connectivity index (χ3v) is 3.82. The number of rotatable bonds is 4. The second-order valence-electron chi connectivity index (χ2n) is 6.77. The van der Waals surface area contributed by atoms with Crippen molar-refractivity contribution in [2.24, 2.45) is 0 Å². The minimum atomic E-state index is -4.64. The number of imidazole rings is 1. The van der Waals surface area contributed by atoms with Gasteiger partial charge < -0.3 is 69.8 Å². The fraction of sp³-hybridized carbons (Fsp3) is 0.462. The average Bonchev–Trinajstić information content (AvgIpc) is 3.22. The van der Waals surface area contributed by atoms with Crippen molar-refractivity contribution in [2.75, 3.05) is 12.3 Å². The number of aliphatic hydroxyl groups is 3. The molecule has 0 spiro atoms. The van der Waals surface area contributed by atoms with Crippen LogP contribution in [0.25, 0.3) is 11.2 Å². The maximum absolute atomic E-state index is 12.4. The smallest absolute Gasteiger partial charge is 0.394 e. The second kappa shape index (κ2) is 14.4. The highest BCUT2D eigenvalue weighted by Crippen LogP contribution is 2.31. The van der Waals surface area contributed by atoms with Gasteiger partial charge in [-0.15, -0.1) is 6.58 Å². The van der Waals surface area contributed by atoms with Crippen molar-refractivity contribution in [1.29, 1.82) is 0 Å². The van der Waals surface area contributed by atoms with Crippen LogP contribution in [0.2, 0.25) is 0 Å². The predicted octanol–water partition coefficient (Wildman–Crippen LogP) is -4.81. The van der Waals surface area contributed by atoms with Gasteiger partial charge in [-0.1, -0.05) is 6.08 Å². The largest absolute Gasteiger partial charge is 0.466 e. The van der Waals surface area contributed by atoms with Gasteiger partial charge in [0.25, 0.3) is 5.56 Å². The van der Waals surface area contributed by atoms with Crippen LogP contribution < -0.4 is 11.3 Å². The molecule has 25 heteroatoms. The fourth-order valence-corrected chi connectivity index (χ4v) is 2.62. The van der Waals surface area contributed by atoms with E-state index in [1.807, 2.05) is 0 Å². The van der Waals surface area contributed by atoms with E-state index < -0.39 is 60.2 Å². The molecular formula is C13H26N5O17P3. The normalized spacial score (nSPS) is 21.4. The Hall–Kier alpha value is -1.94. The molecule has 14 N–H and O–H groups in total. The number of nitrogens with two attached hydrogens (primary N) is 1. The third kappa shape index (κ3) is 13.7. The van der Waals surface area contributed by atoms with Crippen LogP contribution in [-0.4, -0.2) is 103 Å². The highest BCUT2D eigenvalue weighted by atomic mass is 31.2. The number of ether oxygens (including phenoxy) is 1. The Labute approximate surface area is 210 Å². The quantitative estimate of drug-likeness (QED) is 0.113. The summed E-state index contributed by atoms with van der Waals surface area (Å²) in [6.45, 7) is 3.28. The monoisotopic (exact) mass is 617 g/mol. The molecule has 2 aromatic rings. The zero-order chi connectivity index (χ0) is 30.2. The molecule has 2 aromatic heterocycles. The van der Waals surface area contributed by atoms with E-state index in [1.54, 1.807) is 0 Å². The fourth-order valence-electron chi connectivity index (χ4n) is 2.62. The summed E-state index contributed by atoms with van der Waals surface area (Å²) in [5.41, 5.74) is 5.52. The Kier molecular flexibility index (Phi) is 13.7. The molecule has 0 saturated carbocycles. The maximum atomic E-state index is 12.4. The van der Waals surface area contributed by atoms with Crippen molar-refractivity contribution in [3.05, 3.63) is 29.3 Å². The minimum absolute atomic E-state index is 0.0316. The number of nitrogen functional groups attached to an aromatic ring is 1. The molecule has 0 radical (unpaired) electrons. The molecule has 0 bridgehead atoms. The van der Waals surface area contributed by atoms with Gasteiger partial charge >= 0.3 is 23.5 Å². The molecule has 3 heterocycles. The molecule has 0 amide bonds. The predicted molar refractivity (Wildman–Crippen MR) is 122 cm³/mol. The first-order valence-corrected chi connectivity index (χ1v) is 14.0. The van der Waals surface area contributed by atoms with Gasteiger partial charge in [-0.25, -0.2) is 18.7 Å². The second-order valence-corrected chi connectivity index (χ2v) is 9.85. The zero-order valence-corrected chi connectivity index (χ0v) is 21.4. The van der Waals surface area contributed by atoms with Crippen LogP contribution in [0.3, 0.4) is 0 Å². The highest BCUT2D eigenvalue weighted by Gasteiger charge is 2.44. The van der Waals surface area contributed by atoms with E-state index in [-0.39, 0.29) is 23.7 Å². The number of fused-ring (bicyclic) bond motifs is 1. The maximum Gasteiger partial charge on any atom is 0.466 e. The van der Waals surface area contributed by atoms with E-state index in [4.69, 9.17) is 73.3 Å². The number of hydrogen-bond acceptors (Lipinski definition) is 11. The van der Waals surface area contributed by atoms with E-state index in [0.29, 0.717) is 0 Å². The minimum Gasteiger partial charge on any atom is -0.394 e. The molecule has 1 fully saturated rings. The first kappa shape index (κ1) is 36.1. The van der Waals surface area contributed by atoms with Crippen LogP contribution in [0.15, 0.2) is 23.8 Å². The summed E-state index contributed by atoms with van der Waals surface area (Å²) in [4.78, 5) is 85.2. The summed E-state index contributed by atoms with van der Waals surface area (Å²) >= 11 is 0. The lowest BCUT2D eigenvalue weighted by Crippen LogP contribution is -2.33. The molecule has 3 rings (SSSR count). The third-order valence-electron chi connectivity index (χ3n) is 3.82. The molecular weight excluding hydrogens is 591 g/mol. The number of aliphatic hydroxyl groups excluding tert-OH is 3. The van der Waals surface area contributed by atoms with E-state index in [2.05, 4.69) is 16.5 Å². The Bertz CT molecular complexity index is 1190. The van der Waals surface area contributed by atoms with Crippen LogP contribution >= 0.6 is 23.5 Å². The van der Waals surface area contributed by atoms with Gasteiger partial charge in [0, 0.05) is 6.54 Å². The Morgan fingerprint density at radius 2 is 1.42 bits per heavy atom. The molecule has 1 aliphatic rings. The first-order valence-electron chi connectivity index (χ1n) is 9.30. The Balaban J connectivity index is 0.000000751. The lowest BCUT2D eigenvalue weighted by molar-refractivity contribution is -0.0511. The number of phosphoric acid groups is 3. The summed E-state index contributed by atoms with van der Waals surface area (Å²) in [5, 5.41) is 29.1. The molecule has 0 unspecified atom stereocenters. The van der Waals surface area contributed by atoms with E-state index in [9.17, 15) is 15.0 Å². The van der Waals surface area contributed by atoms with Crippen LogP contribution in [0.5, 0.6) is 0 Å². The van der Waals surface area contributed by atoms with Gasteiger partial charge in [-0.3, -0.25) is 13.9 Å². The average molecular weight is 617 g/mol. The summed E-state index contributed by atoms with van der Waals surface area (Å²) in [5.74, 6) is -0.0316. The van der Waals surface area contributed by atoms with Gasteiger partial charge in [0.2, 0.25) is 5.95 Å². The van der Waals surface area contributed by atoms with Gasteiger partial charge in [0.05, 0.1) is 12.9 Å². The van der Waals surface area contributed by atoms with Crippen molar-refractivity contribution in [3.63, 3.8) is 0 Å². The number of aromatic nitrogens is 4. The molecule has 38 heavy (non-hydrogen) atoms. The number of hydrogen-bond donors (Lipinski definition) is 13. The van der Waals surface area contributed by atoms with Crippen LogP contribution in [0.1, 0.15) is 6.23 Å². The van der Waals surface area contributed by atoms with Crippen molar-refractivity contribution in [2.45, 2.75) is 31.1 Å². The molecule has 4 atom stereocenters. The van der Waals surface area contributed by atoms with Crippen molar-refractivity contribution in [3.8, 4) is 0 Å². The van der Waals surface area contributed by atoms with Crippen molar-refractivity contribution in [1.82, 2.24) is 19.1 Å².